The molecule has 1 aromatic rings. The maximum atomic E-state index is 5.55. The summed E-state index contributed by atoms with van der Waals surface area (Å²) in [5.41, 5.74) is 3.83. The minimum Gasteiger partial charge on any atom is -0.115 e. The van der Waals surface area contributed by atoms with Crippen LogP contribution in [-0.4, -0.2) is 0 Å². The smallest absolute Gasteiger partial charge is 0.0280 e. The number of rotatable bonds is 3. The lowest BCUT2D eigenvalue weighted by Crippen LogP contribution is -1.98. The second-order valence-electron chi connectivity index (χ2n) is 4.25. The van der Waals surface area contributed by atoms with E-state index in [9.17, 15) is 0 Å². The molecule has 0 amide bonds. The maximum absolute atomic E-state index is 5.55. The third-order valence-electron chi connectivity index (χ3n) is 3.13. The third-order valence-corrected chi connectivity index (χ3v) is 3.13. The molecule has 1 atom stereocenters. The number of hydrogen-bond acceptors (Lipinski definition) is 0. The minimum absolute atomic E-state index is 0.397. The molecule has 1 saturated carbocycles. The Labute approximate surface area is 92.0 Å². The Bertz CT molecular complexity index is 416. The Kier molecular flexibility index (Phi) is 2.64. The molecule has 1 aliphatic rings. The average molecular weight is 196 g/mol. The van der Waals surface area contributed by atoms with Gasteiger partial charge in [0.05, 0.1) is 0 Å². The van der Waals surface area contributed by atoms with Crippen LogP contribution in [0.4, 0.5) is 0 Å². The summed E-state index contributed by atoms with van der Waals surface area (Å²) in [5.74, 6) is 3.90. The molecule has 1 unspecified atom stereocenters. The molecule has 1 fully saturated rings. The molecule has 1 aromatic carbocycles. The van der Waals surface area contributed by atoms with Gasteiger partial charge in [0.15, 0.2) is 0 Å². The molecule has 0 bridgehead atoms. The monoisotopic (exact) mass is 196 g/mol. The van der Waals surface area contributed by atoms with E-state index >= 15 is 0 Å². The predicted molar refractivity (Wildman–Crippen MR) is 65.0 cm³/mol. The van der Waals surface area contributed by atoms with Crippen LogP contribution < -0.4 is 0 Å². The van der Waals surface area contributed by atoms with Gasteiger partial charge in [-0.2, -0.15) is 0 Å². The van der Waals surface area contributed by atoms with E-state index in [1.54, 1.807) is 0 Å². The minimum atomic E-state index is 0.397. The molecule has 76 valence electrons. The molecule has 0 spiro atoms. The van der Waals surface area contributed by atoms with Crippen LogP contribution in [0.3, 0.4) is 0 Å². The van der Waals surface area contributed by atoms with E-state index in [0.29, 0.717) is 11.8 Å². The fourth-order valence-electron chi connectivity index (χ4n) is 2.06. The zero-order valence-corrected chi connectivity index (χ0v) is 9.16. The first-order valence-electron chi connectivity index (χ1n) is 5.50. The Balaban J connectivity index is 2.53. The van der Waals surface area contributed by atoms with Crippen molar-refractivity contribution in [2.75, 3.05) is 0 Å². The van der Waals surface area contributed by atoms with Crippen LogP contribution in [0.15, 0.2) is 30.9 Å². The summed E-state index contributed by atoms with van der Waals surface area (Å²) in [4.78, 5) is 0. The largest absolute Gasteiger partial charge is 0.115 e. The summed E-state index contributed by atoms with van der Waals surface area (Å²) in [5, 5.41) is 0. The van der Waals surface area contributed by atoms with E-state index < -0.39 is 0 Å². The van der Waals surface area contributed by atoms with Crippen molar-refractivity contribution in [3.05, 3.63) is 47.5 Å². The quantitative estimate of drug-likeness (QED) is 0.509. The van der Waals surface area contributed by atoms with Crippen LogP contribution in [0.5, 0.6) is 0 Å². The fraction of sp³-hybridized carbons (Fsp3) is 0.333. The van der Waals surface area contributed by atoms with Crippen LogP contribution in [-0.2, 0) is 0 Å². The molecule has 0 N–H and O–H groups in total. The van der Waals surface area contributed by atoms with Gasteiger partial charge >= 0.3 is 0 Å². The van der Waals surface area contributed by atoms with Gasteiger partial charge in [-0.25, -0.2) is 0 Å². The van der Waals surface area contributed by atoms with Crippen molar-refractivity contribution in [3.8, 4) is 12.3 Å². The molecule has 1 aliphatic carbocycles. The number of allylic oxidation sites excluding steroid dienone is 1. The van der Waals surface area contributed by atoms with Gasteiger partial charge in [0, 0.05) is 5.56 Å². The second-order valence-corrected chi connectivity index (χ2v) is 4.25. The Morgan fingerprint density at radius 1 is 1.53 bits per heavy atom. The highest BCUT2D eigenvalue weighted by Crippen LogP contribution is 2.44. The van der Waals surface area contributed by atoms with E-state index in [4.69, 9.17) is 6.42 Å². The van der Waals surface area contributed by atoms with Crippen LogP contribution >= 0.6 is 0 Å². The van der Waals surface area contributed by atoms with Crippen LogP contribution in [0.2, 0.25) is 0 Å². The molecule has 0 nitrogen and oxygen atoms in total. The lowest BCUT2D eigenvalue weighted by molar-refractivity contribution is 0.924. The van der Waals surface area contributed by atoms with Crippen molar-refractivity contribution in [3.63, 3.8) is 0 Å². The normalized spacial score (nSPS) is 16.8. The van der Waals surface area contributed by atoms with Gasteiger partial charge in [-0.05, 0) is 41.9 Å². The lowest BCUT2D eigenvalue weighted by atomic mass is 9.90. The van der Waals surface area contributed by atoms with E-state index in [-0.39, 0.29) is 0 Å². The molecule has 0 aromatic heterocycles. The number of hydrogen-bond donors (Lipinski definition) is 0. The maximum Gasteiger partial charge on any atom is 0.0280 e. The highest BCUT2D eigenvalue weighted by molar-refractivity contribution is 5.50. The second kappa shape index (κ2) is 3.95. The van der Waals surface area contributed by atoms with Gasteiger partial charge in [-0.1, -0.05) is 31.1 Å². The average Bonchev–Trinajstić information content (AvgIpc) is 3.10. The zero-order chi connectivity index (χ0) is 10.8. The molecule has 0 heterocycles. The first-order chi connectivity index (χ1) is 7.27. The first kappa shape index (κ1) is 10.1. The van der Waals surface area contributed by atoms with Crippen molar-refractivity contribution in [2.45, 2.75) is 31.6 Å². The topological polar surface area (TPSA) is 0 Å². The summed E-state index contributed by atoms with van der Waals surface area (Å²) in [6, 6.07) is 6.28. The zero-order valence-electron chi connectivity index (χ0n) is 9.16. The van der Waals surface area contributed by atoms with E-state index in [1.807, 2.05) is 12.1 Å². The SMILES string of the molecule is C#Cc1cccc(C(C)C=C)c1C1CC1. The van der Waals surface area contributed by atoms with Crippen molar-refractivity contribution < 1.29 is 0 Å². The lowest BCUT2D eigenvalue weighted by Gasteiger charge is -2.14. The summed E-state index contributed by atoms with van der Waals surface area (Å²) in [7, 11) is 0. The first-order valence-corrected chi connectivity index (χ1v) is 5.50. The summed E-state index contributed by atoms with van der Waals surface area (Å²) in [6.45, 7) is 6.04. The van der Waals surface area contributed by atoms with E-state index in [2.05, 4.69) is 31.6 Å². The fourth-order valence-corrected chi connectivity index (χ4v) is 2.06. The number of benzene rings is 1. The van der Waals surface area contributed by atoms with Crippen LogP contribution in [0.25, 0.3) is 0 Å². The van der Waals surface area contributed by atoms with E-state index in [0.717, 1.165) is 5.56 Å². The Morgan fingerprint density at radius 3 is 2.80 bits per heavy atom. The third kappa shape index (κ3) is 1.83. The summed E-state index contributed by atoms with van der Waals surface area (Å²) >= 11 is 0. The molecule has 2 rings (SSSR count). The molecule has 0 radical (unpaired) electrons. The van der Waals surface area contributed by atoms with Crippen molar-refractivity contribution in [1.82, 2.24) is 0 Å². The molecular formula is C15H16. The predicted octanol–water partition coefficient (Wildman–Crippen LogP) is 3.83. The highest BCUT2D eigenvalue weighted by Gasteiger charge is 2.28. The van der Waals surface area contributed by atoms with Crippen LogP contribution in [0.1, 0.15) is 48.3 Å². The van der Waals surface area contributed by atoms with Crippen molar-refractivity contribution >= 4 is 0 Å². The van der Waals surface area contributed by atoms with Gasteiger partial charge in [0.25, 0.3) is 0 Å². The van der Waals surface area contributed by atoms with Gasteiger partial charge in [-0.3, -0.25) is 0 Å². The molecule has 0 aliphatic heterocycles. The molecule has 15 heavy (non-hydrogen) atoms. The van der Waals surface area contributed by atoms with Gasteiger partial charge in [0.2, 0.25) is 0 Å². The van der Waals surface area contributed by atoms with Gasteiger partial charge in [-0.15, -0.1) is 13.0 Å². The van der Waals surface area contributed by atoms with Crippen molar-refractivity contribution in [2.24, 2.45) is 0 Å². The highest BCUT2D eigenvalue weighted by atomic mass is 14.3. The van der Waals surface area contributed by atoms with Gasteiger partial charge in [0.1, 0.15) is 0 Å². The van der Waals surface area contributed by atoms with E-state index in [1.165, 1.54) is 24.0 Å². The van der Waals surface area contributed by atoms with Crippen molar-refractivity contribution in [1.29, 1.82) is 0 Å². The summed E-state index contributed by atoms with van der Waals surface area (Å²) in [6.07, 6.45) is 10.1. The molecule has 0 heteroatoms. The molecular weight excluding hydrogens is 180 g/mol. The van der Waals surface area contributed by atoms with Gasteiger partial charge < -0.3 is 0 Å². The summed E-state index contributed by atoms with van der Waals surface area (Å²) < 4.78 is 0. The number of terminal acetylenes is 1. The molecule has 0 saturated heterocycles. The Morgan fingerprint density at radius 2 is 2.27 bits per heavy atom. The van der Waals surface area contributed by atoms with Crippen LogP contribution in [0, 0.1) is 12.3 Å². The Hall–Kier alpha value is -1.48. The standard InChI is InChI=1S/C15H16/c1-4-11(3)14-8-6-7-12(5-2)15(14)13-9-10-13/h2,4,6-8,11,13H,1,9-10H2,3H3.